The van der Waals surface area contributed by atoms with E-state index >= 15 is 0 Å². The summed E-state index contributed by atoms with van der Waals surface area (Å²) in [6, 6.07) is 16.3. The number of aryl methyl sites for hydroxylation is 1. The zero-order valence-corrected chi connectivity index (χ0v) is 11.0. The Labute approximate surface area is 117 Å². The smallest absolute Gasteiger partial charge is 0.163 e. The van der Waals surface area contributed by atoms with Gasteiger partial charge in [-0.25, -0.2) is 0 Å². The average Bonchev–Trinajstić information content (AvgIpc) is 2.46. The summed E-state index contributed by atoms with van der Waals surface area (Å²) in [5.41, 5.74) is 2.29. The minimum atomic E-state index is 0.0824. The fourth-order valence-corrected chi connectivity index (χ4v) is 1.96. The Bertz CT molecular complexity index is 626. The maximum Gasteiger partial charge on any atom is 0.163 e. The van der Waals surface area contributed by atoms with Crippen molar-refractivity contribution in [3.63, 3.8) is 0 Å². The van der Waals surface area contributed by atoms with Crippen LogP contribution in [0.2, 0.25) is 5.02 Å². The Morgan fingerprint density at radius 1 is 1.16 bits per heavy atom. The molecule has 3 heteroatoms. The van der Waals surface area contributed by atoms with Crippen molar-refractivity contribution in [1.82, 2.24) is 0 Å². The summed E-state index contributed by atoms with van der Waals surface area (Å²) in [6.45, 7) is 0. The largest absolute Gasteiger partial charge is 0.294 e. The second-order valence-electron chi connectivity index (χ2n) is 4.24. The van der Waals surface area contributed by atoms with Crippen LogP contribution in [0.25, 0.3) is 0 Å². The quantitative estimate of drug-likeness (QED) is 0.787. The maximum absolute atomic E-state index is 12.0. The zero-order valence-electron chi connectivity index (χ0n) is 10.3. The van der Waals surface area contributed by atoms with Crippen LogP contribution in [0.4, 0.5) is 0 Å². The van der Waals surface area contributed by atoms with Crippen molar-refractivity contribution in [1.29, 1.82) is 5.26 Å². The SMILES string of the molecule is N#Cc1cccc(CCC(=O)c2ccc(Cl)cc2)c1. The van der Waals surface area contributed by atoms with Gasteiger partial charge in [0.15, 0.2) is 5.78 Å². The number of nitriles is 1. The zero-order chi connectivity index (χ0) is 13.7. The lowest BCUT2D eigenvalue weighted by atomic mass is 10.0. The molecule has 0 unspecified atom stereocenters. The molecule has 2 nitrogen and oxygen atoms in total. The van der Waals surface area contributed by atoms with Crippen molar-refractivity contribution >= 4 is 17.4 Å². The highest BCUT2D eigenvalue weighted by Gasteiger charge is 2.06. The number of halogens is 1. The van der Waals surface area contributed by atoms with E-state index in [4.69, 9.17) is 16.9 Å². The Morgan fingerprint density at radius 2 is 1.89 bits per heavy atom. The molecule has 0 atom stereocenters. The maximum atomic E-state index is 12.0. The van der Waals surface area contributed by atoms with Gasteiger partial charge in [0.25, 0.3) is 0 Å². The van der Waals surface area contributed by atoms with Gasteiger partial charge in [0.1, 0.15) is 0 Å². The topological polar surface area (TPSA) is 40.9 Å². The number of carbonyl (C=O) groups is 1. The molecule has 2 aromatic rings. The second kappa shape index (κ2) is 6.17. The molecule has 0 bridgehead atoms. The molecule has 0 spiro atoms. The summed E-state index contributed by atoms with van der Waals surface area (Å²) in [5.74, 6) is 0.0824. The summed E-state index contributed by atoms with van der Waals surface area (Å²) >= 11 is 5.78. The molecule has 19 heavy (non-hydrogen) atoms. The van der Waals surface area contributed by atoms with Crippen molar-refractivity contribution in [2.75, 3.05) is 0 Å². The van der Waals surface area contributed by atoms with E-state index in [1.807, 2.05) is 18.2 Å². The summed E-state index contributed by atoms with van der Waals surface area (Å²) in [4.78, 5) is 12.0. The van der Waals surface area contributed by atoms with Gasteiger partial charge < -0.3 is 0 Å². The molecule has 0 saturated heterocycles. The number of ketones is 1. The lowest BCUT2D eigenvalue weighted by Crippen LogP contribution is -2.01. The van der Waals surface area contributed by atoms with Crippen LogP contribution in [0, 0.1) is 11.3 Å². The highest BCUT2D eigenvalue weighted by atomic mass is 35.5. The van der Waals surface area contributed by atoms with Crippen molar-refractivity contribution in [2.24, 2.45) is 0 Å². The van der Waals surface area contributed by atoms with Crippen LogP contribution in [-0.4, -0.2) is 5.78 Å². The number of benzene rings is 2. The molecular weight excluding hydrogens is 258 g/mol. The molecule has 0 aliphatic rings. The third-order valence-corrected chi connectivity index (χ3v) is 3.11. The van der Waals surface area contributed by atoms with E-state index in [0.717, 1.165) is 5.56 Å². The predicted octanol–water partition coefficient (Wildman–Crippen LogP) is 4.03. The predicted molar refractivity (Wildman–Crippen MR) is 75.3 cm³/mol. The van der Waals surface area contributed by atoms with Gasteiger partial charge in [0.2, 0.25) is 0 Å². The van der Waals surface area contributed by atoms with Crippen molar-refractivity contribution < 1.29 is 4.79 Å². The summed E-state index contributed by atoms with van der Waals surface area (Å²) in [6.07, 6.45) is 1.06. The van der Waals surface area contributed by atoms with Crippen LogP contribution >= 0.6 is 11.6 Å². The van der Waals surface area contributed by atoms with Gasteiger partial charge >= 0.3 is 0 Å². The number of Topliss-reactive ketones (excluding diaryl/α,β-unsaturated/α-hetero) is 1. The molecule has 0 saturated carbocycles. The van der Waals surface area contributed by atoms with Crippen LogP contribution in [-0.2, 0) is 6.42 Å². The molecule has 0 N–H and O–H groups in total. The highest BCUT2D eigenvalue weighted by molar-refractivity contribution is 6.30. The first-order valence-corrected chi connectivity index (χ1v) is 6.34. The minimum absolute atomic E-state index is 0.0824. The van der Waals surface area contributed by atoms with Crippen molar-refractivity contribution in [3.8, 4) is 6.07 Å². The molecule has 94 valence electrons. The second-order valence-corrected chi connectivity index (χ2v) is 4.68. The Hall–Kier alpha value is -2.11. The van der Waals surface area contributed by atoms with E-state index in [2.05, 4.69) is 6.07 Å². The molecule has 0 aliphatic heterocycles. The van der Waals surface area contributed by atoms with Gasteiger partial charge in [0.05, 0.1) is 11.6 Å². The number of carbonyl (C=O) groups excluding carboxylic acids is 1. The molecule has 0 radical (unpaired) electrons. The fraction of sp³-hybridized carbons (Fsp3) is 0.125. The number of hydrogen-bond donors (Lipinski definition) is 0. The number of nitrogens with zero attached hydrogens (tertiary/aromatic N) is 1. The van der Waals surface area contributed by atoms with Crippen molar-refractivity contribution in [2.45, 2.75) is 12.8 Å². The molecule has 2 rings (SSSR count). The van der Waals surface area contributed by atoms with E-state index in [-0.39, 0.29) is 5.78 Å². The number of hydrogen-bond acceptors (Lipinski definition) is 2. The Morgan fingerprint density at radius 3 is 2.58 bits per heavy atom. The van der Waals surface area contributed by atoms with E-state index < -0.39 is 0 Å². The molecule has 0 aliphatic carbocycles. The standard InChI is InChI=1S/C16H12ClNO/c17-15-7-5-14(6-8-15)16(19)9-4-12-2-1-3-13(10-12)11-18/h1-3,5-8,10H,4,9H2. The van der Waals surface area contributed by atoms with Crippen LogP contribution in [0.5, 0.6) is 0 Å². The van der Waals surface area contributed by atoms with Gasteiger partial charge in [-0.1, -0.05) is 23.7 Å². The first-order chi connectivity index (χ1) is 9.19. The summed E-state index contributed by atoms with van der Waals surface area (Å²) in [7, 11) is 0. The van der Waals surface area contributed by atoms with Gasteiger partial charge in [0, 0.05) is 17.0 Å². The van der Waals surface area contributed by atoms with Gasteiger partial charge in [-0.15, -0.1) is 0 Å². The average molecular weight is 270 g/mol. The molecule has 0 amide bonds. The van der Waals surface area contributed by atoms with Gasteiger partial charge in [-0.05, 0) is 48.4 Å². The third-order valence-electron chi connectivity index (χ3n) is 2.86. The van der Waals surface area contributed by atoms with E-state index in [1.54, 1.807) is 30.3 Å². The third kappa shape index (κ3) is 3.67. The monoisotopic (exact) mass is 269 g/mol. The van der Waals surface area contributed by atoms with Crippen LogP contribution < -0.4 is 0 Å². The van der Waals surface area contributed by atoms with Crippen LogP contribution in [0.1, 0.15) is 27.9 Å². The Balaban J connectivity index is 2.00. The summed E-state index contributed by atoms with van der Waals surface area (Å²) < 4.78 is 0. The fourth-order valence-electron chi connectivity index (χ4n) is 1.83. The first kappa shape index (κ1) is 13.3. The van der Waals surface area contributed by atoms with E-state index in [0.29, 0.717) is 29.0 Å². The van der Waals surface area contributed by atoms with Crippen molar-refractivity contribution in [3.05, 3.63) is 70.2 Å². The van der Waals surface area contributed by atoms with Gasteiger partial charge in [-0.3, -0.25) is 4.79 Å². The Kier molecular flexibility index (Phi) is 4.33. The van der Waals surface area contributed by atoms with Crippen LogP contribution in [0.3, 0.4) is 0 Å². The molecule has 2 aromatic carbocycles. The normalized spacial score (nSPS) is 9.89. The lowest BCUT2D eigenvalue weighted by molar-refractivity contribution is 0.0983. The summed E-state index contributed by atoms with van der Waals surface area (Å²) in [5, 5.41) is 9.44. The molecule has 0 heterocycles. The van der Waals surface area contributed by atoms with Gasteiger partial charge in [-0.2, -0.15) is 5.26 Å². The van der Waals surface area contributed by atoms with Crippen LogP contribution in [0.15, 0.2) is 48.5 Å². The highest BCUT2D eigenvalue weighted by Crippen LogP contribution is 2.13. The lowest BCUT2D eigenvalue weighted by Gasteiger charge is -2.02. The first-order valence-electron chi connectivity index (χ1n) is 5.97. The molecular formula is C16H12ClNO. The molecule has 0 fully saturated rings. The van der Waals surface area contributed by atoms with E-state index in [9.17, 15) is 4.79 Å². The molecule has 0 aromatic heterocycles. The number of rotatable bonds is 4. The van der Waals surface area contributed by atoms with E-state index in [1.165, 1.54) is 0 Å². The minimum Gasteiger partial charge on any atom is -0.294 e.